The number of para-hydroxylation sites is 1. The fourth-order valence-corrected chi connectivity index (χ4v) is 7.96. The Bertz CT molecular complexity index is 2530. The molecular formula is C51H57N5O7. The van der Waals surface area contributed by atoms with Crippen molar-refractivity contribution in [1.82, 2.24) is 9.88 Å². The molecule has 1 saturated heterocycles. The van der Waals surface area contributed by atoms with Gasteiger partial charge in [-0.2, -0.15) is 0 Å². The number of unbranched alkanes of at least 4 members (excludes halogenated alkanes) is 1. The van der Waals surface area contributed by atoms with Gasteiger partial charge in [0.15, 0.2) is 0 Å². The number of hydrogen-bond donors (Lipinski definition) is 5. The zero-order valence-corrected chi connectivity index (χ0v) is 34.9. The molecule has 0 bridgehead atoms. The number of anilines is 3. The largest absolute Gasteiger partial charge is 0.506 e. The van der Waals surface area contributed by atoms with Crippen molar-refractivity contribution < 1.29 is 29.3 Å². The van der Waals surface area contributed by atoms with Gasteiger partial charge in [-0.3, -0.25) is 19.7 Å². The second-order valence-electron chi connectivity index (χ2n) is 15.8. The molecule has 0 spiro atoms. The summed E-state index contributed by atoms with van der Waals surface area (Å²) in [6.07, 6.45) is 3.43. The molecule has 5 aromatic carbocycles. The number of nitrogens with zero attached hydrogens (tertiary/aromatic N) is 2. The molecular weight excluding hydrogens is 795 g/mol. The fourth-order valence-electron chi connectivity index (χ4n) is 7.96. The molecule has 1 aliphatic rings. The van der Waals surface area contributed by atoms with Crippen LogP contribution in [-0.4, -0.2) is 70.8 Å². The van der Waals surface area contributed by atoms with Gasteiger partial charge in [0, 0.05) is 61.5 Å². The first kappa shape index (κ1) is 45.8. The van der Waals surface area contributed by atoms with Crippen molar-refractivity contribution in [1.29, 1.82) is 0 Å². The maximum absolute atomic E-state index is 13.2. The summed E-state index contributed by atoms with van der Waals surface area (Å²) >= 11 is 0. The molecule has 6 aromatic rings. The van der Waals surface area contributed by atoms with E-state index >= 15 is 0 Å². The number of pyridine rings is 1. The molecule has 1 fully saturated rings. The summed E-state index contributed by atoms with van der Waals surface area (Å²) in [6, 6.07) is 38.9. The number of amides is 3. The Morgan fingerprint density at radius 2 is 1.59 bits per heavy atom. The van der Waals surface area contributed by atoms with Crippen LogP contribution in [0.1, 0.15) is 68.7 Å². The number of phenols is 1. The maximum Gasteiger partial charge on any atom is 0.411 e. The predicted octanol–water partition coefficient (Wildman–Crippen LogP) is 9.23. The van der Waals surface area contributed by atoms with Crippen LogP contribution in [0.4, 0.5) is 21.9 Å². The lowest BCUT2D eigenvalue weighted by molar-refractivity contribution is -0.118. The molecule has 0 aliphatic carbocycles. The van der Waals surface area contributed by atoms with E-state index in [0.717, 1.165) is 60.3 Å². The first-order valence-corrected chi connectivity index (χ1v) is 21.2. The van der Waals surface area contributed by atoms with Crippen LogP contribution in [0.2, 0.25) is 0 Å². The molecule has 5 N–H and O–H groups in total. The Hall–Kier alpha value is -6.76. The van der Waals surface area contributed by atoms with E-state index in [1.807, 2.05) is 103 Å². The number of phenolic OH excluding ortho intramolecular Hbond substituents is 1. The van der Waals surface area contributed by atoms with Crippen LogP contribution in [0.25, 0.3) is 22.0 Å². The molecule has 1 aliphatic heterocycles. The maximum atomic E-state index is 13.2. The number of benzene rings is 5. The number of rotatable bonds is 16. The Morgan fingerprint density at radius 3 is 2.37 bits per heavy atom. The average molecular weight is 852 g/mol. The molecule has 1 aromatic heterocycles. The smallest absolute Gasteiger partial charge is 0.411 e. The third kappa shape index (κ3) is 12.4. The van der Waals surface area contributed by atoms with Crippen LogP contribution in [-0.2, 0) is 27.2 Å². The van der Waals surface area contributed by atoms with Crippen molar-refractivity contribution >= 4 is 45.9 Å². The number of aromatic nitrogens is 1. The number of hydrogen-bond acceptors (Lipinski definition) is 8. The van der Waals surface area contributed by atoms with Gasteiger partial charge in [0.05, 0.1) is 23.7 Å². The fraction of sp³-hybridized carbons (Fsp3) is 0.294. The molecule has 0 saturated carbocycles. The number of nitrogens with one attached hydrogen (secondary N) is 3. The molecule has 63 heavy (non-hydrogen) atoms. The number of aromatic hydroxyl groups is 1. The third-order valence-corrected chi connectivity index (χ3v) is 11.4. The van der Waals surface area contributed by atoms with Crippen LogP contribution in [0.5, 0.6) is 5.75 Å². The van der Waals surface area contributed by atoms with Crippen molar-refractivity contribution in [3.8, 4) is 16.9 Å². The van der Waals surface area contributed by atoms with Crippen molar-refractivity contribution in [2.45, 2.75) is 71.0 Å². The summed E-state index contributed by atoms with van der Waals surface area (Å²) in [5.74, 6) is -0.220. The predicted molar refractivity (Wildman–Crippen MR) is 250 cm³/mol. The number of aliphatic hydroxyl groups is 1. The summed E-state index contributed by atoms with van der Waals surface area (Å²) in [5, 5.41) is 27.5. The lowest BCUT2D eigenvalue weighted by Gasteiger charge is -2.31. The second-order valence-corrected chi connectivity index (χ2v) is 15.8. The van der Waals surface area contributed by atoms with Crippen LogP contribution in [0.3, 0.4) is 0 Å². The Morgan fingerprint density at radius 1 is 0.841 bits per heavy atom. The van der Waals surface area contributed by atoms with Crippen molar-refractivity contribution in [2.75, 3.05) is 42.2 Å². The van der Waals surface area contributed by atoms with Gasteiger partial charge in [0.25, 0.3) is 0 Å². The van der Waals surface area contributed by atoms with Gasteiger partial charge in [0.2, 0.25) is 17.4 Å². The number of piperidine rings is 1. The Kier molecular flexibility index (Phi) is 15.9. The number of likely N-dealkylation sites (tertiary alicyclic amines) is 1. The van der Waals surface area contributed by atoms with Gasteiger partial charge in [0.1, 0.15) is 11.9 Å². The van der Waals surface area contributed by atoms with E-state index < -0.39 is 12.2 Å². The molecule has 3 amide bonds. The van der Waals surface area contributed by atoms with Crippen LogP contribution in [0, 0.1) is 0 Å². The quantitative estimate of drug-likeness (QED) is 0.0602. The number of aliphatic hydroxyl groups excluding tert-OH is 1. The van der Waals surface area contributed by atoms with Gasteiger partial charge < -0.3 is 35.1 Å². The highest BCUT2D eigenvalue weighted by atomic mass is 16.6. The first-order valence-electron chi connectivity index (χ1n) is 21.2. The second kappa shape index (κ2) is 21.9. The van der Waals surface area contributed by atoms with E-state index in [9.17, 15) is 29.4 Å². The summed E-state index contributed by atoms with van der Waals surface area (Å²) in [6.45, 7) is 2.04. The zero-order valence-electron chi connectivity index (χ0n) is 34.9. The van der Waals surface area contributed by atoms with Crippen molar-refractivity contribution in [3.05, 3.63) is 154 Å². The van der Waals surface area contributed by atoms with Crippen molar-refractivity contribution in [3.63, 3.8) is 0 Å². The molecule has 328 valence electrons. The highest BCUT2D eigenvalue weighted by Gasteiger charge is 2.24. The first-order chi connectivity index (χ1) is 30.1. The number of aryl methyl sites for hydroxylation is 1. The highest BCUT2D eigenvalue weighted by Crippen LogP contribution is 2.32. The molecule has 7 rings (SSSR count). The van der Waals surface area contributed by atoms with Gasteiger partial charge >= 0.3 is 6.09 Å². The molecule has 2 heterocycles. The number of carbonyl (C=O) groups is 3. The van der Waals surface area contributed by atoms with Crippen LogP contribution >= 0.6 is 0 Å². The van der Waals surface area contributed by atoms with Gasteiger partial charge in [-0.25, -0.2) is 4.79 Å². The minimum atomic E-state index is -0.733. The van der Waals surface area contributed by atoms with E-state index in [0.29, 0.717) is 60.1 Å². The van der Waals surface area contributed by atoms with Gasteiger partial charge in [-0.1, -0.05) is 92.7 Å². The number of carbonyl (C=O) groups excluding carboxylic acids is 3. The van der Waals surface area contributed by atoms with Crippen LogP contribution in [0.15, 0.2) is 132 Å². The van der Waals surface area contributed by atoms with Crippen LogP contribution < -0.4 is 21.1 Å². The molecule has 12 nitrogen and oxygen atoms in total. The minimum absolute atomic E-state index is 0. The molecule has 12 heteroatoms. The van der Waals surface area contributed by atoms with E-state index in [-0.39, 0.29) is 43.1 Å². The number of aromatic amines is 1. The standard InChI is InChI=1S/C50H53N5O7.CH4/c1-54(48(60)28-31-55-29-26-39(27-30-55)62-50(61)52-43-16-7-6-15-40(43)36-12-3-2-4-13-36)38-14-9-11-35(32-38)33-47(59)51-37-20-18-34(19-21-37)10-5-8-17-44(56)41-22-24-45(57)49-42(41)23-25-46(58)53-49;/h2-4,6-7,9,11-16,18-25,32,39,44,56-57H,5,8,10,17,26-31,33H2,1H3,(H,51,59)(H,52,61)(H,53,58);1H4/t44-;/m0./s1. The minimum Gasteiger partial charge on any atom is -0.506 e. The zero-order chi connectivity index (χ0) is 43.4. The number of ether oxygens (including phenoxy) is 1. The van der Waals surface area contributed by atoms with E-state index in [2.05, 4.69) is 20.5 Å². The Labute approximate surface area is 368 Å². The van der Waals surface area contributed by atoms with Crippen molar-refractivity contribution in [2.24, 2.45) is 0 Å². The topological polar surface area (TPSA) is 164 Å². The highest BCUT2D eigenvalue weighted by molar-refractivity contribution is 5.95. The third-order valence-electron chi connectivity index (χ3n) is 11.4. The summed E-state index contributed by atoms with van der Waals surface area (Å²) in [5.41, 5.74) is 6.63. The number of fused-ring (bicyclic) bond motifs is 1. The normalized spacial score (nSPS) is 13.4. The average Bonchev–Trinajstić information content (AvgIpc) is 3.28. The Balaban J connectivity index is 0.00000661. The van der Waals surface area contributed by atoms with Gasteiger partial charge in [-0.15, -0.1) is 0 Å². The summed E-state index contributed by atoms with van der Waals surface area (Å²) < 4.78 is 5.78. The summed E-state index contributed by atoms with van der Waals surface area (Å²) in [7, 11) is 1.75. The number of H-pyrrole nitrogens is 1. The van der Waals surface area contributed by atoms with E-state index in [1.165, 1.54) is 12.1 Å². The summed E-state index contributed by atoms with van der Waals surface area (Å²) in [4.78, 5) is 57.3. The molecule has 0 radical (unpaired) electrons. The van der Waals surface area contributed by atoms with Gasteiger partial charge in [-0.05, 0) is 96.8 Å². The lowest BCUT2D eigenvalue weighted by atomic mass is 9.97. The van der Waals surface area contributed by atoms with E-state index in [1.54, 1.807) is 24.1 Å². The monoisotopic (exact) mass is 851 g/mol. The SMILES string of the molecule is C.CN(C(=O)CCN1CCC(OC(=O)Nc2ccccc2-c2ccccc2)CC1)c1cccc(CC(=O)Nc2ccc(CCCC[C@H](O)c3ccc(O)c4[nH]c(=O)ccc34)cc2)c1. The lowest BCUT2D eigenvalue weighted by Crippen LogP contribution is -2.40. The van der Waals surface area contributed by atoms with E-state index in [4.69, 9.17) is 4.74 Å². The molecule has 0 unspecified atom stereocenters. The molecule has 1 atom stereocenters.